The van der Waals surface area contributed by atoms with Crippen LogP contribution in [0.25, 0.3) is 11.5 Å². The molecule has 0 radical (unpaired) electrons. The van der Waals surface area contributed by atoms with Gasteiger partial charge in [0.05, 0.1) is 36.7 Å². The van der Waals surface area contributed by atoms with Gasteiger partial charge in [-0.25, -0.2) is 4.98 Å². The van der Waals surface area contributed by atoms with E-state index in [1.54, 1.807) is 11.9 Å². The molecule has 2 bridgehead atoms. The smallest absolute Gasteiger partial charge is 0.229 e. The van der Waals surface area contributed by atoms with Crippen LogP contribution in [0.3, 0.4) is 0 Å². The number of hydrogen-bond donors (Lipinski definition) is 1. The maximum absolute atomic E-state index is 12.8. The monoisotopic (exact) mass is 365 g/mol. The van der Waals surface area contributed by atoms with E-state index in [1.165, 1.54) is 6.26 Å². The van der Waals surface area contributed by atoms with Crippen LogP contribution in [0.4, 0.5) is 0 Å². The molecule has 2 aromatic rings. The minimum absolute atomic E-state index is 0.0326. The summed E-state index contributed by atoms with van der Waals surface area (Å²) in [5.41, 5.74) is 0.863. The summed E-state index contributed by atoms with van der Waals surface area (Å²) in [6.07, 6.45) is 5.04. The molecule has 3 aliphatic heterocycles. The minimum atomic E-state index is -0.646. The second kappa shape index (κ2) is 5.79. The number of nitrogens with one attached hydrogen (secondary N) is 1. The molecule has 0 saturated carbocycles. The van der Waals surface area contributed by atoms with E-state index in [0.717, 1.165) is 5.56 Å². The summed E-state index contributed by atoms with van der Waals surface area (Å²) in [4.78, 5) is 31.4. The van der Waals surface area contributed by atoms with Crippen LogP contribution in [-0.2, 0) is 20.9 Å². The fourth-order valence-electron chi connectivity index (χ4n) is 4.39. The standard InChI is InChI=1S/C20H19N3O4/c1-23-11-20-8-7-14(27-20)15(16(20)19(23)25)17(24)21-9-13-10-26-18(22-13)12-5-3-2-4-6-12/h2-8,10,14-16H,9,11H2,1H3,(H,21,24)/t14-,15-,16+,20-/m0/s1. The largest absolute Gasteiger partial charge is 0.444 e. The Kier molecular flexibility index (Phi) is 3.48. The molecular weight excluding hydrogens is 346 g/mol. The summed E-state index contributed by atoms with van der Waals surface area (Å²) < 4.78 is 11.5. The lowest BCUT2D eigenvalue weighted by Gasteiger charge is -2.23. The van der Waals surface area contributed by atoms with Gasteiger partial charge in [-0.1, -0.05) is 30.4 Å². The number of oxazole rings is 1. The highest BCUT2D eigenvalue weighted by atomic mass is 16.5. The van der Waals surface area contributed by atoms with Gasteiger partial charge in [-0.05, 0) is 12.1 Å². The number of nitrogens with zero attached hydrogens (tertiary/aromatic N) is 2. The number of likely N-dealkylation sites (N-methyl/N-ethyl adjacent to an activating group) is 1. The third-order valence-corrected chi connectivity index (χ3v) is 5.61. The van der Waals surface area contributed by atoms with Crippen molar-refractivity contribution >= 4 is 11.8 Å². The molecular formula is C20H19N3O4. The normalized spacial score (nSPS) is 30.8. The van der Waals surface area contributed by atoms with Crippen LogP contribution >= 0.6 is 0 Å². The number of aromatic nitrogens is 1. The molecule has 7 nitrogen and oxygen atoms in total. The number of hydrogen-bond acceptors (Lipinski definition) is 5. The lowest BCUT2D eigenvalue weighted by Crippen LogP contribution is -2.43. The molecule has 5 rings (SSSR count). The molecule has 1 spiro atoms. The van der Waals surface area contributed by atoms with E-state index in [2.05, 4.69) is 10.3 Å². The second-order valence-electron chi connectivity index (χ2n) is 7.32. The first-order valence-corrected chi connectivity index (χ1v) is 8.97. The van der Waals surface area contributed by atoms with Gasteiger partial charge in [0.1, 0.15) is 11.9 Å². The molecule has 1 aromatic heterocycles. The van der Waals surface area contributed by atoms with Crippen LogP contribution in [0.2, 0.25) is 0 Å². The van der Waals surface area contributed by atoms with Crippen molar-refractivity contribution in [2.75, 3.05) is 13.6 Å². The van der Waals surface area contributed by atoms with E-state index in [1.807, 2.05) is 42.5 Å². The summed E-state index contributed by atoms with van der Waals surface area (Å²) in [6.45, 7) is 0.739. The Hall–Kier alpha value is -2.93. The lowest BCUT2D eigenvalue weighted by molar-refractivity contribution is -0.136. The molecule has 1 aromatic carbocycles. The highest BCUT2D eigenvalue weighted by Crippen LogP contribution is 2.51. The zero-order valence-corrected chi connectivity index (χ0v) is 14.8. The Morgan fingerprint density at radius 1 is 1.37 bits per heavy atom. The topological polar surface area (TPSA) is 84.7 Å². The zero-order chi connectivity index (χ0) is 18.6. The highest BCUT2D eigenvalue weighted by molar-refractivity contribution is 5.92. The van der Waals surface area contributed by atoms with E-state index in [4.69, 9.17) is 9.15 Å². The van der Waals surface area contributed by atoms with Crippen LogP contribution in [0.5, 0.6) is 0 Å². The van der Waals surface area contributed by atoms with Crippen molar-refractivity contribution in [3.8, 4) is 11.5 Å². The fourth-order valence-corrected chi connectivity index (χ4v) is 4.39. The van der Waals surface area contributed by atoms with Gasteiger partial charge < -0.3 is 19.4 Å². The molecule has 1 N–H and O–H groups in total. The van der Waals surface area contributed by atoms with Crippen molar-refractivity contribution in [3.63, 3.8) is 0 Å². The summed E-state index contributed by atoms with van der Waals surface area (Å²) in [5, 5.41) is 2.89. The third kappa shape index (κ3) is 2.42. The van der Waals surface area contributed by atoms with Gasteiger partial charge in [0.15, 0.2) is 0 Å². The Labute approximate surface area is 156 Å². The van der Waals surface area contributed by atoms with Crippen LogP contribution in [0.1, 0.15) is 5.69 Å². The number of amides is 2. The fraction of sp³-hybridized carbons (Fsp3) is 0.350. The average Bonchev–Trinajstić information content (AvgIpc) is 3.42. The first kappa shape index (κ1) is 16.3. The molecule has 3 aliphatic rings. The van der Waals surface area contributed by atoms with E-state index in [0.29, 0.717) is 18.1 Å². The molecule has 7 heteroatoms. The number of benzene rings is 1. The van der Waals surface area contributed by atoms with Crippen molar-refractivity contribution in [1.29, 1.82) is 0 Å². The van der Waals surface area contributed by atoms with Crippen LogP contribution in [0, 0.1) is 11.8 Å². The highest BCUT2D eigenvalue weighted by Gasteiger charge is 2.66. The van der Waals surface area contributed by atoms with Crippen molar-refractivity contribution in [2.24, 2.45) is 11.8 Å². The molecule has 0 aliphatic carbocycles. The molecule has 138 valence electrons. The first-order valence-electron chi connectivity index (χ1n) is 8.97. The molecule has 4 heterocycles. The summed E-state index contributed by atoms with van der Waals surface area (Å²) in [6, 6.07) is 9.57. The van der Waals surface area contributed by atoms with E-state index in [9.17, 15) is 9.59 Å². The van der Waals surface area contributed by atoms with Gasteiger partial charge in [-0.3, -0.25) is 9.59 Å². The molecule has 2 amide bonds. The second-order valence-corrected chi connectivity index (χ2v) is 7.32. The van der Waals surface area contributed by atoms with Gasteiger partial charge in [0.25, 0.3) is 0 Å². The molecule has 0 unspecified atom stereocenters. The lowest BCUT2D eigenvalue weighted by atomic mass is 9.77. The minimum Gasteiger partial charge on any atom is -0.444 e. The first-order chi connectivity index (χ1) is 13.1. The van der Waals surface area contributed by atoms with Crippen molar-refractivity contribution in [2.45, 2.75) is 18.2 Å². The van der Waals surface area contributed by atoms with Crippen LogP contribution in [-0.4, -0.2) is 47.0 Å². The molecule has 27 heavy (non-hydrogen) atoms. The summed E-state index contributed by atoms with van der Waals surface area (Å²) in [7, 11) is 1.75. The van der Waals surface area contributed by atoms with E-state index < -0.39 is 17.4 Å². The molecule has 2 fully saturated rings. The molecule has 2 saturated heterocycles. The van der Waals surface area contributed by atoms with E-state index >= 15 is 0 Å². The summed E-state index contributed by atoms with van der Waals surface area (Å²) >= 11 is 0. The van der Waals surface area contributed by atoms with Gasteiger partial charge in [-0.15, -0.1) is 0 Å². The Morgan fingerprint density at radius 3 is 3.00 bits per heavy atom. The van der Waals surface area contributed by atoms with Crippen LogP contribution < -0.4 is 5.32 Å². The van der Waals surface area contributed by atoms with Crippen LogP contribution in [0.15, 0.2) is 53.2 Å². The SMILES string of the molecule is CN1C[C@]23C=C[C@H](O2)[C@H](C(=O)NCc2coc(-c4ccccc4)n2)[C@@H]3C1=O. The number of carbonyl (C=O) groups excluding carboxylic acids is 2. The predicted molar refractivity (Wildman–Crippen MR) is 95.1 cm³/mol. The van der Waals surface area contributed by atoms with Gasteiger partial charge >= 0.3 is 0 Å². The maximum Gasteiger partial charge on any atom is 0.229 e. The number of carbonyl (C=O) groups is 2. The van der Waals surface area contributed by atoms with E-state index in [-0.39, 0.29) is 24.5 Å². The quantitative estimate of drug-likeness (QED) is 0.828. The Bertz CT molecular complexity index is 938. The average molecular weight is 365 g/mol. The Morgan fingerprint density at radius 2 is 2.19 bits per heavy atom. The van der Waals surface area contributed by atoms with Gasteiger partial charge in [0.2, 0.25) is 17.7 Å². The van der Waals surface area contributed by atoms with Crippen molar-refractivity contribution in [1.82, 2.24) is 15.2 Å². The van der Waals surface area contributed by atoms with Gasteiger partial charge in [-0.2, -0.15) is 0 Å². The number of fused-ring (bicyclic) bond motifs is 1. The zero-order valence-electron chi connectivity index (χ0n) is 14.8. The number of likely N-dealkylation sites (tertiary alicyclic amines) is 1. The maximum atomic E-state index is 12.8. The third-order valence-electron chi connectivity index (χ3n) is 5.61. The predicted octanol–water partition coefficient (Wildman–Crippen LogP) is 1.37. The Balaban J connectivity index is 1.29. The molecule has 4 atom stereocenters. The van der Waals surface area contributed by atoms with Crippen molar-refractivity contribution < 1.29 is 18.7 Å². The van der Waals surface area contributed by atoms with Crippen molar-refractivity contribution in [3.05, 3.63) is 54.4 Å². The number of rotatable bonds is 4. The summed E-state index contributed by atoms with van der Waals surface area (Å²) in [5.74, 6) is -0.667. The van der Waals surface area contributed by atoms with Gasteiger partial charge in [0, 0.05) is 12.6 Å². The number of ether oxygens (including phenoxy) is 1.